The van der Waals surface area contributed by atoms with Crippen molar-refractivity contribution < 1.29 is 9.53 Å². The van der Waals surface area contributed by atoms with Crippen LogP contribution >= 0.6 is 11.6 Å². The van der Waals surface area contributed by atoms with Crippen LogP contribution in [0.25, 0.3) is 0 Å². The molecule has 1 heterocycles. The molecule has 2 aromatic rings. The van der Waals surface area contributed by atoms with Crippen LogP contribution < -0.4 is 10.1 Å². The van der Waals surface area contributed by atoms with Crippen LogP contribution in [0.5, 0.6) is 5.75 Å². The summed E-state index contributed by atoms with van der Waals surface area (Å²) in [7, 11) is 0. The molecule has 0 radical (unpaired) electrons. The molecule has 0 bridgehead atoms. The molecular weight excluding hydrogens is 276 g/mol. The predicted molar refractivity (Wildman–Crippen MR) is 79.3 cm³/mol. The van der Waals surface area contributed by atoms with E-state index in [-0.39, 0.29) is 12.5 Å². The molecule has 0 fully saturated rings. The quantitative estimate of drug-likeness (QED) is 0.939. The van der Waals surface area contributed by atoms with E-state index < -0.39 is 0 Å². The maximum atomic E-state index is 11.8. The molecule has 20 heavy (non-hydrogen) atoms. The second-order valence-corrected chi connectivity index (χ2v) is 4.72. The first kappa shape index (κ1) is 14.3. The normalized spacial score (nSPS) is 10.2. The third-order valence-corrected chi connectivity index (χ3v) is 3.38. The van der Waals surface area contributed by atoms with Crippen LogP contribution in [0.4, 0.5) is 5.69 Å². The van der Waals surface area contributed by atoms with Crippen LogP contribution in [0.2, 0.25) is 5.02 Å². The van der Waals surface area contributed by atoms with Gasteiger partial charge in [-0.2, -0.15) is 0 Å². The van der Waals surface area contributed by atoms with E-state index in [1.54, 1.807) is 18.3 Å². The molecule has 0 saturated carbocycles. The summed E-state index contributed by atoms with van der Waals surface area (Å²) in [5.41, 5.74) is 2.14. The van der Waals surface area contributed by atoms with E-state index in [4.69, 9.17) is 16.3 Å². The number of amides is 1. The Balaban J connectivity index is 1.97. The molecule has 1 N–H and O–H groups in total. The number of pyridine rings is 1. The number of nitrogens with zero attached hydrogens (tertiary/aromatic N) is 1. The largest absolute Gasteiger partial charge is 0.484 e. The second-order valence-electron chi connectivity index (χ2n) is 4.35. The van der Waals surface area contributed by atoms with Gasteiger partial charge in [-0.25, -0.2) is 0 Å². The lowest BCUT2D eigenvalue weighted by Crippen LogP contribution is -2.21. The summed E-state index contributed by atoms with van der Waals surface area (Å²) in [4.78, 5) is 16.0. The first-order valence-electron chi connectivity index (χ1n) is 6.17. The fourth-order valence-electron chi connectivity index (χ4n) is 1.68. The van der Waals surface area contributed by atoms with E-state index >= 15 is 0 Å². The number of para-hydroxylation sites is 1. The number of anilines is 1. The van der Waals surface area contributed by atoms with Crippen molar-refractivity contribution in [3.63, 3.8) is 0 Å². The highest BCUT2D eigenvalue weighted by Gasteiger charge is 2.10. The van der Waals surface area contributed by atoms with Crippen molar-refractivity contribution in [3.8, 4) is 5.75 Å². The van der Waals surface area contributed by atoms with Gasteiger partial charge in [-0.1, -0.05) is 29.8 Å². The summed E-state index contributed by atoms with van der Waals surface area (Å²) in [6.45, 7) is 3.60. The molecule has 0 atom stereocenters. The number of aryl methyl sites for hydroxylation is 1. The van der Waals surface area contributed by atoms with Crippen LogP contribution in [-0.2, 0) is 4.79 Å². The second kappa shape index (κ2) is 6.39. The molecule has 0 spiro atoms. The zero-order valence-electron chi connectivity index (χ0n) is 11.3. The first-order valence-corrected chi connectivity index (χ1v) is 6.55. The van der Waals surface area contributed by atoms with Crippen molar-refractivity contribution in [1.29, 1.82) is 0 Å². The Kier molecular flexibility index (Phi) is 4.58. The molecule has 104 valence electrons. The first-order chi connectivity index (χ1) is 9.58. The summed E-state index contributed by atoms with van der Waals surface area (Å²) >= 11 is 6.09. The summed E-state index contributed by atoms with van der Waals surface area (Å²) in [6.07, 6.45) is 1.59. The Morgan fingerprint density at radius 3 is 2.70 bits per heavy atom. The number of nitrogens with one attached hydrogen (secondary N) is 1. The van der Waals surface area contributed by atoms with E-state index in [0.717, 1.165) is 11.3 Å². The minimum Gasteiger partial charge on any atom is -0.484 e. The zero-order valence-corrected chi connectivity index (χ0v) is 12.1. The van der Waals surface area contributed by atoms with Gasteiger partial charge in [-0.3, -0.25) is 9.78 Å². The van der Waals surface area contributed by atoms with E-state index in [1.165, 1.54) is 0 Å². The lowest BCUT2D eigenvalue weighted by Gasteiger charge is -2.11. The van der Waals surface area contributed by atoms with Gasteiger partial charge in [-0.15, -0.1) is 0 Å². The maximum Gasteiger partial charge on any atom is 0.262 e. The van der Waals surface area contributed by atoms with Gasteiger partial charge >= 0.3 is 0 Å². The highest BCUT2D eigenvalue weighted by molar-refractivity contribution is 6.32. The smallest absolute Gasteiger partial charge is 0.262 e. The molecule has 5 heteroatoms. The zero-order chi connectivity index (χ0) is 14.5. The molecular formula is C15H15ClN2O2. The van der Waals surface area contributed by atoms with Gasteiger partial charge in [0, 0.05) is 0 Å². The minimum atomic E-state index is -0.251. The highest BCUT2D eigenvalue weighted by atomic mass is 35.5. The summed E-state index contributed by atoms with van der Waals surface area (Å²) in [5, 5.41) is 3.30. The van der Waals surface area contributed by atoms with Crippen molar-refractivity contribution in [2.75, 3.05) is 11.9 Å². The van der Waals surface area contributed by atoms with E-state index in [9.17, 15) is 4.79 Å². The van der Waals surface area contributed by atoms with Crippen molar-refractivity contribution >= 4 is 23.2 Å². The topological polar surface area (TPSA) is 51.2 Å². The molecule has 0 aliphatic rings. The molecule has 0 saturated heterocycles. The molecule has 1 amide bonds. The van der Waals surface area contributed by atoms with Crippen LogP contribution in [0.3, 0.4) is 0 Å². The lowest BCUT2D eigenvalue weighted by molar-refractivity contribution is -0.118. The van der Waals surface area contributed by atoms with Gasteiger partial charge in [0.25, 0.3) is 5.91 Å². The number of aromatic nitrogens is 1. The van der Waals surface area contributed by atoms with Gasteiger partial charge in [0.1, 0.15) is 5.75 Å². The lowest BCUT2D eigenvalue weighted by atomic mass is 10.2. The highest BCUT2D eigenvalue weighted by Crippen LogP contribution is 2.24. The average Bonchev–Trinajstić information content (AvgIpc) is 2.47. The molecule has 0 aliphatic heterocycles. The maximum absolute atomic E-state index is 11.8. The minimum absolute atomic E-state index is 0.0606. The average molecular weight is 291 g/mol. The van der Waals surface area contributed by atoms with Gasteiger partial charge in [0.15, 0.2) is 6.61 Å². The van der Waals surface area contributed by atoms with Crippen LogP contribution in [0.1, 0.15) is 11.3 Å². The Morgan fingerprint density at radius 1 is 1.30 bits per heavy atom. The van der Waals surface area contributed by atoms with Crippen molar-refractivity contribution in [2.24, 2.45) is 0 Å². The number of hydrogen-bond donors (Lipinski definition) is 1. The summed E-state index contributed by atoms with van der Waals surface area (Å²) < 4.78 is 5.37. The molecule has 4 nitrogen and oxygen atoms in total. The van der Waals surface area contributed by atoms with Gasteiger partial charge in [-0.05, 0) is 31.5 Å². The molecule has 2 rings (SSSR count). The Hall–Kier alpha value is -2.07. The number of ether oxygens (including phenoxy) is 1. The third-order valence-electron chi connectivity index (χ3n) is 2.83. The number of benzene rings is 1. The van der Waals surface area contributed by atoms with Crippen LogP contribution in [0.15, 0.2) is 36.5 Å². The molecule has 0 unspecified atom stereocenters. The summed E-state index contributed by atoms with van der Waals surface area (Å²) in [6, 6.07) is 9.17. The molecule has 1 aromatic carbocycles. The number of halogens is 1. The van der Waals surface area contributed by atoms with Crippen molar-refractivity contribution in [1.82, 2.24) is 4.98 Å². The third kappa shape index (κ3) is 3.48. The number of rotatable bonds is 4. The van der Waals surface area contributed by atoms with Crippen LogP contribution in [-0.4, -0.2) is 17.5 Å². The number of hydrogen-bond acceptors (Lipinski definition) is 3. The number of carbonyl (C=O) groups excluding carboxylic acids is 1. The molecule has 1 aromatic heterocycles. The Labute approximate surface area is 122 Å². The van der Waals surface area contributed by atoms with E-state index in [0.29, 0.717) is 16.5 Å². The van der Waals surface area contributed by atoms with Crippen molar-refractivity contribution in [3.05, 3.63) is 52.8 Å². The van der Waals surface area contributed by atoms with Gasteiger partial charge < -0.3 is 10.1 Å². The molecule has 0 aliphatic carbocycles. The predicted octanol–water partition coefficient (Wildman–Crippen LogP) is 3.37. The SMILES string of the molecule is Cc1ncc(NC(=O)COc2ccccc2)c(C)c1Cl. The van der Waals surface area contributed by atoms with Gasteiger partial charge in [0.2, 0.25) is 0 Å². The number of carbonyl (C=O) groups is 1. The summed E-state index contributed by atoms with van der Waals surface area (Å²) in [5.74, 6) is 0.401. The standard InChI is InChI=1S/C15H15ClN2O2/c1-10-13(8-17-11(2)15(10)16)18-14(19)9-20-12-6-4-3-5-7-12/h3-8H,9H2,1-2H3,(H,18,19). The van der Waals surface area contributed by atoms with E-state index in [2.05, 4.69) is 10.3 Å². The van der Waals surface area contributed by atoms with Gasteiger partial charge in [0.05, 0.1) is 22.6 Å². The van der Waals surface area contributed by atoms with Crippen LogP contribution in [0, 0.1) is 13.8 Å². The Bertz CT molecular complexity index is 615. The fourth-order valence-corrected chi connectivity index (χ4v) is 1.83. The van der Waals surface area contributed by atoms with Crippen molar-refractivity contribution in [2.45, 2.75) is 13.8 Å². The fraction of sp³-hybridized carbons (Fsp3) is 0.200. The monoisotopic (exact) mass is 290 g/mol. The Morgan fingerprint density at radius 2 is 2.00 bits per heavy atom. The van der Waals surface area contributed by atoms with E-state index in [1.807, 2.05) is 32.0 Å².